The molecule has 0 radical (unpaired) electrons. The zero-order valence-electron chi connectivity index (χ0n) is 10.6. The van der Waals surface area contributed by atoms with E-state index >= 15 is 0 Å². The van der Waals surface area contributed by atoms with E-state index in [2.05, 4.69) is 6.92 Å². The molecule has 96 valence electrons. The number of carbonyl (C=O) groups excluding carboxylic acids is 1. The molecule has 1 amide bonds. The van der Waals surface area contributed by atoms with Crippen LogP contribution in [0.4, 0.5) is 0 Å². The van der Waals surface area contributed by atoms with Crippen LogP contribution in [0, 0.1) is 0 Å². The highest BCUT2D eigenvalue weighted by molar-refractivity contribution is 7.80. The molecule has 1 heterocycles. The van der Waals surface area contributed by atoms with Crippen molar-refractivity contribution in [2.24, 2.45) is 5.73 Å². The average molecular weight is 262 g/mol. The highest BCUT2D eigenvalue weighted by Crippen LogP contribution is 2.19. The molecule has 1 aliphatic heterocycles. The second-order valence-corrected chi connectivity index (χ2v) is 5.23. The van der Waals surface area contributed by atoms with Gasteiger partial charge in [0.1, 0.15) is 4.99 Å². The number of hydrogen-bond acceptors (Lipinski definition) is 2. The summed E-state index contributed by atoms with van der Waals surface area (Å²) in [6.45, 7) is 2.95. The molecule has 2 N–H and O–H groups in total. The third kappa shape index (κ3) is 2.70. The van der Waals surface area contributed by atoms with E-state index in [0.29, 0.717) is 16.6 Å². The summed E-state index contributed by atoms with van der Waals surface area (Å²) < 4.78 is 0. The molecular formula is C14H18N2OS. The van der Waals surface area contributed by atoms with E-state index in [0.717, 1.165) is 24.9 Å². The normalized spacial score (nSPS) is 19.6. The van der Waals surface area contributed by atoms with Gasteiger partial charge in [0.2, 0.25) is 0 Å². The van der Waals surface area contributed by atoms with Gasteiger partial charge in [-0.3, -0.25) is 4.79 Å². The van der Waals surface area contributed by atoms with Gasteiger partial charge in [-0.05, 0) is 38.3 Å². The van der Waals surface area contributed by atoms with Gasteiger partial charge in [0, 0.05) is 23.7 Å². The Balaban J connectivity index is 2.22. The summed E-state index contributed by atoms with van der Waals surface area (Å²) in [6.07, 6.45) is 3.38. The average Bonchev–Trinajstić information content (AvgIpc) is 2.38. The van der Waals surface area contributed by atoms with Crippen molar-refractivity contribution in [2.75, 3.05) is 6.54 Å². The predicted octanol–water partition coefficient (Wildman–Crippen LogP) is 2.34. The van der Waals surface area contributed by atoms with Crippen LogP contribution in [0.3, 0.4) is 0 Å². The molecule has 1 unspecified atom stereocenters. The van der Waals surface area contributed by atoms with Gasteiger partial charge < -0.3 is 10.6 Å². The molecular weight excluding hydrogens is 244 g/mol. The van der Waals surface area contributed by atoms with Gasteiger partial charge in [-0.1, -0.05) is 24.4 Å². The van der Waals surface area contributed by atoms with E-state index in [1.807, 2.05) is 23.1 Å². The Hall–Kier alpha value is -1.42. The minimum Gasteiger partial charge on any atom is -0.389 e. The number of thiocarbonyl (C=S) groups is 1. The Morgan fingerprint density at radius 3 is 2.78 bits per heavy atom. The van der Waals surface area contributed by atoms with Crippen molar-refractivity contribution in [1.82, 2.24) is 4.90 Å². The van der Waals surface area contributed by atoms with E-state index in [1.165, 1.54) is 6.42 Å². The lowest BCUT2D eigenvalue weighted by atomic mass is 10.0. The van der Waals surface area contributed by atoms with Crippen LogP contribution in [0.1, 0.15) is 42.1 Å². The first-order chi connectivity index (χ1) is 8.59. The molecule has 1 aromatic rings. The van der Waals surface area contributed by atoms with E-state index in [1.54, 1.807) is 6.07 Å². The maximum atomic E-state index is 12.4. The van der Waals surface area contributed by atoms with Crippen molar-refractivity contribution < 1.29 is 4.79 Å². The Labute approximate surface area is 113 Å². The Kier molecular flexibility index (Phi) is 3.97. The molecule has 0 bridgehead atoms. The summed E-state index contributed by atoms with van der Waals surface area (Å²) in [4.78, 5) is 14.7. The summed E-state index contributed by atoms with van der Waals surface area (Å²) in [5.41, 5.74) is 7.02. The third-order valence-corrected chi connectivity index (χ3v) is 3.69. The molecule has 1 aromatic carbocycles. The summed E-state index contributed by atoms with van der Waals surface area (Å²) >= 11 is 4.94. The first-order valence-electron chi connectivity index (χ1n) is 6.30. The largest absolute Gasteiger partial charge is 0.389 e. The number of hydrogen-bond donors (Lipinski definition) is 1. The molecule has 2 rings (SSSR count). The number of rotatable bonds is 2. The Bertz CT molecular complexity index is 473. The van der Waals surface area contributed by atoms with Gasteiger partial charge in [0.15, 0.2) is 0 Å². The van der Waals surface area contributed by atoms with Crippen LogP contribution in [0.5, 0.6) is 0 Å². The third-order valence-electron chi connectivity index (χ3n) is 3.46. The summed E-state index contributed by atoms with van der Waals surface area (Å²) in [6, 6.07) is 7.59. The quantitative estimate of drug-likeness (QED) is 0.832. The highest BCUT2D eigenvalue weighted by atomic mass is 32.1. The van der Waals surface area contributed by atoms with E-state index in [-0.39, 0.29) is 5.91 Å². The van der Waals surface area contributed by atoms with E-state index < -0.39 is 0 Å². The monoisotopic (exact) mass is 262 g/mol. The van der Waals surface area contributed by atoms with Crippen LogP contribution in [0.15, 0.2) is 24.3 Å². The number of amides is 1. The molecule has 0 spiro atoms. The molecule has 1 fully saturated rings. The molecule has 0 aliphatic carbocycles. The van der Waals surface area contributed by atoms with Crippen LogP contribution in [0.2, 0.25) is 0 Å². The Morgan fingerprint density at radius 2 is 2.11 bits per heavy atom. The number of piperidine rings is 1. The van der Waals surface area contributed by atoms with Crippen LogP contribution in [0.25, 0.3) is 0 Å². The molecule has 1 aliphatic rings. The van der Waals surface area contributed by atoms with Gasteiger partial charge in [0.05, 0.1) is 0 Å². The van der Waals surface area contributed by atoms with E-state index in [9.17, 15) is 4.79 Å². The second kappa shape index (κ2) is 5.48. The van der Waals surface area contributed by atoms with Crippen LogP contribution < -0.4 is 5.73 Å². The molecule has 4 heteroatoms. The molecule has 1 atom stereocenters. The van der Waals surface area contributed by atoms with Crippen molar-refractivity contribution in [1.29, 1.82) is 0 Å². The number of likely N-dealkylation sites (tertiary alicyclic amines) is 1. The van der Waals surface area contributed by atoms with Crippen LogP contribution >= 0.6 is 12.2 Å². The molecule has 3 nitrogen and oxygen atoms in total. The van der Waals surface area contributed by atoms with Crippen molar-refractivity contribution in [2.45, 2.75) is 32.2 Å². The maximum absolute atomic E-state index is 12.4. The second-order valence-electron chi connectivity index (χ2n) is 4.79. The fourth-order valence-corrected chi connectivity index (χ4v) is 2.50. The molecule has 0 saturated carbocycles. The van der Waals surface area contributed by atoms with Gasteiger partial charge in [-0.15, -0.1) is 0 Å². The Morgan fingerprint density at radius 1 is 1.39 bits per heavy atom. The van der Waals surface area contributed by atoms with Gasteiger partial charge in [-0.25, -0.2) is 0 Å². The first kappa shape index (κ1) is 13.0. The standard InChI is InChI=1S/C14H18N2OS/c1-10-5-2-3-8-16(10)14(17)12-7-4-6-11(9-12)13(15)18/h4,6-7,9-10H,2-3,5,8H2,1H3,(H2,15,18). The minimum absolute atomic E-state index is 0.0836. The zero-order chi connectivity index (χ0) is 13.1. The van der Waals surface area contributed by atoms with Crippen molar-refractivity contribution in [3.05, 3.63) is 35.4 Å². The predicted molar refractivity (Wildman–Crippen MR) is 76.7 cm³/mol. The molecule has 18 heavy (non-hydrogen) atoms. The minimum atomic E-state index is 0.0836. The number of nitrogens with zero attached hydrogens (tertiary/aromatic N) is 1. The lowest BCUT2D eigenvalue weighted by molar-refractivity contribution is 0.0635. The first-order valence-corrected chi connectivity index (χ1v) is 6.71. The van der Waals surface area contributed by atoms with Gasteiger partial charge in [0.25, 0.3) is 5.91 Å². The highest BCUT2D eigenvalue weighted by Gasteiger charge is 2.24. The SMILES string of the molecule is CC1CCCCN1C(=O)c1cccc(C(N)=S)c1. The van der Waals surface area contributed by atoms with Gasteiger partial charge >= 0.3 is 0 Å². The number of nitrogens with two attached hydrogens (primary N) is 1. The maximum Gasteiger partial charge on any atom is 0.254 e. The zero-order valence-corrected chi connectivity index (χ0v) is 11.4. The fraction of sp³-hybridized carbons (Fsp3) is 0.429. The smallest absolute Gasteiger partial charge is 0.254 e. The van der Waals surface area contributed by atoms with Crippen molar-refractivity contribution in [3.63, 3.8) is 0 Å². The molecule has 0 aromatic heterocycles. The van der Waals surface area contributed by atoms with Crippen LogP contribution in [-0.2, 0) is 0 Å². The molecule has 1 saturated heterocycles. The topological polar surface area (TPSA) is 46.3 Å². The summed E-state index contributed by atoms with van der Waals surface area (Å²) in [5.74, 6) is 0.0836. The fourth-order valence-electron chi connectivity index (χ4n) is 2.37. The van der Waals surface area contributed by atoms with Gasteiger partial charge in [-0.2, -0.15) is 0 Å². The number of benzene rings is 1. The van der Waals surface area contributed by atoms with E-state index in [4.69, 9.17) is 18.0 Å². The lowest BCUT2D eigenvalue weighted by Crippen LogP contribution is -2.42. The lowest BCUT2D eigenvalue weighted by Gasteiger charge is -2.33. The summed E-state index contributed by atoms with van der Waals surface area (Å²) in [5, 5.41) is 0. The van der Waals surface area contributed by atoms with Crippen molar-refractivity contribution in [3.8, 4) is 0 Å². The van der Waals surface area contributed by atoms with Crippen molar-refractivity contribution >= 4 is 23.1 Å². The number of carbonyl (C=O) groups is 1. The van der Waals surface area contributed by atoms with Crippen LogP contribution in [-0.4, -0.2) is 28.4 Å². The summed E-state index contributed by atoms with van der Waals surface area (Å²) in [7, 11) is 0.